The summed E-state index contributed by atoms with van der Waals surface area (Å²) in [5, 5.41) is 8.96. The van der Waals surface area contributed by atoms with Crippen molar-refractivity contribution >= 4 is 0 Å². The molecule has 0 aromatic heterocycles. The molecule has 0 bridgehead atoms. The van der Waals surface area contributed by atoms with Gasteiger partial charge in [0, 0.05) is 6.61 Å². The van der Waals surface area contributed by atoms with Gasteiger partial charge in [0.15, 0.2) is 0 Å². The molecule has 1 atom stereocenters. The fourth-order valence-corrected chi connectivity index (χ4v) is 1.54. The molecule has 0 aliphatic carbocycles. The highest BCUT2D eigenvalue weighted by Gasteiger charge is 2.04. The molecular formula is C12H18O. The molecule has 0 radical (unpaired) electrons. The topological polar surface area (TPSA) is 20.2 Å². The zero-order valence-corrected chi connectivity index (χ0v) is 8.46. The van der Waals surface area contributed by atoms with Crippen molar-refractivity contribution in [1.82, 2.24) is 0 Å². The zero-order chi connectivity index (χ0) is 9.68. The highest BCUT2D eigenvalue weighted by atomic mass is 16.3. The molecule has 0 unspecified atom stereocenters. The zero-order valence-electron chi connectivity index (χ0n) is 8.46. The summed E-state index contributed by atoms with van der Waals surface area (Å²) in [6.07, 6.45) is 2.06. The van der Waals surface area contributed by atoms with Gasteiger partial charge in [-0.1, -0.05) is 38.1 Å². The van der Waals surface area contributed by atoms with E-state index in [2.05, 4.69) is 38.1 Å². The summed E-state index contributed by atoms with van der Waals surface area (Å²) >= 11 is 0. The van der Waals surface area contributed by atoms with Crippen LogP contribution in [-0.2, 0) is 12.8 Å². The molecule has 1 aromatic carbocycles. The molecule has 0 heterocycles. The highest BCUT2D eigenvalue weighted by Crippen LogP contribution is 2.14. The third-order valence-electron chi connectivity index (χ3n) is 2.38. The first-order chi connectivity index (χ1) is 6.27. The van der Waals surface area contributed by atoms with Crippen LogP contribution in [0.2, 0.25) is 0 Å². The van der Waals surface area contributed by atoms with Crippen molar-refractivity contribution in [2.24, 2.45) is 5.92 Å². The van der Waals surface area contributed by atoms with Gasteiger partial charge in [-0.15, -0.1) is 0 Å². The normalized spacial score (nSPS) is 12.8. The molecular weight excluding hydrogens is 160 g/mol. The van der Waals surface area contributed by atoms with Crippen LogP contribution in [0.25, 0.3) is 0 Å². The molecule has 0 spiro atoms. The predicted octanol–water partition coefficient (Wildman–Crippen LogP) is 2.42. The van der Waals surface area contributed by atoms with Crippen molar-refractivity contribution in [2.75, 3.05) is 6.61 Å². The molecule has 1 heteroatoms. The van der Waals surface area contributed by atoms with Gasteiger partial charge < -0.3 is 5.11 Å². The predicted molar refractivity (Wildman–Crippen MR) is 55.8 cm³/mol. The third kappa shape index (κ3) is 2.85. The molecule has 0 amide bonds. The van der Waals surface area contributed by atoms with Crippen molar-refractivity contribution in [2.45, 2.75) is 26.7 Å². The monoisotopic (exact) mass is 178 g/mol. The van der Waals surface area contributed by atoms with Crippen LogP contribution in [-0.4, -0.2) is 11.7 Å². The summed E-state index contributed by atoms with van der Waals surface area (Å²) in [5.74, 6) is 0.368. The van der Waals surface area contributed by atoms with E-state index in [0.29, 0.717) is 5.92 Å². The van der Waals surface area contributed by atoms with Crippen molar-refractivity contribution in [1.29, 1.82) is 0 Å². The average Bonchev–Trinajstić information content (AvgIpc) is 2.18. The van der Waals surface area contributed by atoms with E-state index in [-0.39, 0.29) is 6.61 Å². The summed E-state index contributed by atoms with van der Waals surface area (Å²) in [4.78, 5) is 0. The summed E-state index contributed by atoms with van der Waals surface area (Å²) < 4.78 is 0. The number of aliphatic hydroxyl groups excluding tert-OH is 1. The lowest BCUT2D eigenvalue weighted by atomic mass is 9.96. The summed E-state index contributed by atoms with van der Waals surface area (Å²) in [7, 11) is 0. The third-order valence-corrected chi connectivity index (χ3v) is 2.38. The fraction of sp³-hybridized carbons (Fsp3) is 0.500. The minimum atomic E-state index is 0.276. The Hall–Kier alpha value is -0.820. The van der Waals surface area contributed by atoms with E-state index in [1.165, 1.54) is 11.1 Å². The van der Waals surface area contributed by atoms with Crippen LogP contribution in [0.15, 0.2) is 24.3 Å². The highest BCUT2D eigenvalue weighted by molar-refractivity contribution is 5.27. The van der Waals surface area contributed by atoms with E-state index >= 15 is 0 Å². The molecule has 0 saturated heterocycles. The number of hydrogen-bond acceptors (Lipinski definition) is 1. The fourth-order valence-electron chi connectivity index (χ4n) is 1.54. The van der Waals surface area contributed by atoms with E-state index in [0.717, 1.165) is 12.8 Å². The molecule has 1 nitrogen and oxygen atoms in total. The van der Waals surface area contributed by atoms with E-state index in [1.54, 1.807) is 0 Å². The summed E-state index contributed by atoms with van der Waals surface area (Å²) in [5.41, 5.74) is 2.79. The SMILES string of the molecule is CCc1ccccc1C[C@H](C)CO. The van der Waals surface area contributed by atoms with Crippen molar-refractivity contribution in [3.05, 3.63) is 35.4 Å². The number of benzene rings is 1. The second kappa shape index (κ2) is 5.03. The van der Waals surface area contributed by atoms with E-state index in [4.69, 9.17) is 5.11 Å². The maximum atomic E-state index is 8.96. The number of rotatable bonds is 4. The van der Waals surface area contributed by atoms with Gasteiger partial charge in [-0.2, -0.15) is 0 Å². The van der Waals surface area contributed by atoms with Crippen LogP contribution in [0.5, 0.6) is 0 Å². The van der Waals surface area contributed by atoms with Crippen LogP contribution in [0.3, 0.4) is 0 Å². The lowest BCUT2D eigenvalue weighted by molar-refractivity contribution is 0.237. The lowest BCUT2D eigenvalue weighted by Gasteiger charge is -2.11. The Morgan fingerprint density at radius 2 is 1.85 bits per heavy atom. The standard InChI is InChI=1S/C12H18O/c1-3-11-6-4-5-7-12(11)8-10(2)9-13/h4-7,10,13H,3,8-9H2,1-2H3/t10-/m0/s1. The van der Waals surface area contributed by atoms with Crippen LogP contribution in [0.4, 0.5) is 0 Å². The molecule has 0 aliphatic heterocycles. The van der Waals surface area contributed by atoms with Crippen LogP contribution >= 0.6 is 0 Å². The molecule has 72 valence electrons. The Balaban J connectivity index is 2.74. The first kappa shape index (κ1) is 10.3. The smallest absolute Gasteiger partial charge is 0.0459 e. The number of aliphatic hydroxyl groups is 1. The maximum Gasteiger partial charge on any atom is 0.0459 e. The molecule has 1 aromatic rings. The summed E-state index contributed by atoms with van der Waals surface area (Å²) in [6, 6.07) is 8.47. The lowest BCUT2D eigenvalue weighted by Crippen LogP contribution is -2.06. The molecule has 1 rings (SSSR count). The Labute approximate surface area is 80.4 Å². The van der Waals surface area contributed by atoms with Gasteiger partial charge in [0.2, 0.25) is 0 Å². The molecule has 1 N–H and O–H groups in total. The number of hydrogen-bond donors (Lipinski definition) is 1. The largest absolute Gasteiger partial charge is 0.396 e. The van der Waals surface area contributed by atoms with Crippen LogP contribution < -0.4 is 0 Å². The Morgan fingerprint density at radius 1 is 1.23 bits per heavy atom. The van der Waals surface area contributed by atoms with Crippen LogP contribution in [0, 0.1) is 5.92 Å². The van der Waals surface area contributed by atoms with Gasteiger partial charge in [-0.3, -0.25) is 0 Å². The van der Waals surface area contributed by atoms with Gasteiger partial charge in [0.05, 0.1) is 0 Å². The van der Waals surface area contributed by atoms with Gasteiger partial charge in [-0.05, 0) is 29.9 Å². The maximum absolute atomic E-state index is 8.96. The molecule has 13 heavy (non-hydrogen) atoms. The minimum absolute atomic E-state index is 0.276. The quantitative estimate of drug-likeness (QED) is 0.750. The summed E-state index contributed by atoms with van der Waals surface area (Å²) in [6.45, 7) is 4.52. The molecule has 0 saturated carbocycles. The second-order valence-electron chi connectivity index (χ2n) is 3.61. The van der Waals surface area contributed by atoms with Gasteiger partial charge in [0.1, 0.15) is 0 Å². The van der Waals surface area contributed by atoms with Crippen LogP contribution in [0.1, 0.15) is 25.0 Å². The minimum Gasteiger partial charge on any atom is -0.396 e. The number of aryl methyl sites for hydroxylation is 1. The van der Waals surface area contributed by atoms with Crippen molar-refractivity contribution < 1.29 is 5.11 Å². The first-order valence-electron chi connectivity index (χ1n) is 4.95. The van der Waals surface area contributed by atoms with E-state index in [9.17, 15) is 0 Å². The van der Waals surface area contributed by atoms with Gasteiger partial charge >= 0.3 is 0 Å². The van der Waals surface area contributed by atoms with E-state index < -0.39 is 0 Å². The first-order valence-corrected chi connectivity index (χ1v) is 4.95. The Bertz CT molecular complexity index is 255. The average molecular weight is 178 g/mol. The Kier molecular flexibility index (Phi) is 3.97. The van der Waals surface area contributed by atoms with Crippen molar-refractivity contribution in [3.63, 3.8) is 0 Å². The Morgan fingerprint density at radius 3 is 2.38 bits per heavy atom. The van der Waals surface area contributed by atoms with Crippen molar-refractivity contribution in [3.8, 4) is 0 Å². The molecule has 0 aliphatic rings. The van der Waals surface area contributed by atoms with Gasteiger partial charge in [-0.25, -0.2) is 0 Å². The second-order valence-corrected chi connectivity index (χ2v) is 3.61. The molecule has 0 fully saturated rings. The van der Waals surface area contributed by atoms with E-state index in [1.807, 2.05) is 0 Å². The van der Waals surface area contributed by atoms with Gasteiger partial charge in [0.25, 0.3) is 0 Å².